The molecule has 0 bridgehead atoms. The van der Waals surface area contributed by atoms with Crippen LogP contribution < -0.4 is 5.32 Å². The molecule has 2 aliphatic heterocycles. The van der Waals surface area contributed by atoms with Gasteiger partial charge in [-0.05, 0) is 43.0 Å². The number of carbonyl (C=O) groups is 1. The first-order valence-electron chi connectivity index (χ1n) is 7.32. The van der Waals surface area contributed by atoms with E-state index in [1.807, 2.05) is 0 Å². The minimum Gasteiger partial charge on any atom is -0.338 e. The molecule has 0 aliphatic carbocycles. The van der Waals surface area contributed by atoms with Gasteiger partial charge in [0.15, 0.2) is 0 Å². The molecule has 3 rings (SSSR count). The first kappa shape index (κ1) is 12.7. The minimum atomic E-state index is 0.159. The molecule has 1 amide bonds. The number of fused-ring (bicyclic) bond motifs is 1. The second kappa shape index (κ2) is 5.33. The Balaban J connectivity index is 1.73. The van der Waals surface area contributed by atoms with Crippen LogP contribution in [0.5, 0.6) is 0 Å². The fourth-order valence-corrected chi connectivity index (χ4v) is 3.04. The van der Waals surface area contributed by atoms with E-state index < -0.39 is 0 Å². The third kappa shape index (κ3) is 2.52. The first-order chi connectivity index (χ1) is 9.25. The van der Waals surface area contributed by atoms with Crippen molar-refractivity contribution in [3.8, 4) is 0 Å². The monoisotopic (exact) mass is 258 g/mol. The third-order valence-electron chi connectivity index (χ3n) is 4.58. The zero-order valence-electron chi connectivity index (χ0n) is 11.6. The van der Waals surface area contributed by atoms with Gasteiger partial charge in [0.05, 0.1) is 0 Å². The molecular weight excluding hydrogens is 236 g/mol. The van der Waals surface area contributed by atoms with Crippen molar-refractivity contribution in [2.75, 3.05) is 19.6 Å². The first-order valence-corrected chi connectivity index (χ1v) is 7.32. The average molecular weight is 258 g/mol. The Bertz CT molecular complexity index is 468. The Hall–Kier alpha value is -1.35. The van der Waals surface area contributed by atoms with Gasteiger partial charge in [0, 0.05) is 19.0 Å². The number of benzene rings is 1. The Kier molecular flexibility index (Phi) is 3.56. The number of nitrogens with one attached hydrogen (secondary N) is 1. The molecule has 1 unspecified atom stereocenters. The highest BCUT2D eigenvalue weighted by Gasteiger charge is 2.32. The molecule has 0 spiro atoms. The van der Waals surface area contributed by atoms with Gasteiger partial charge in [0.25, 0.3) is 0 Å². The van der Waals surface area contributed by atoms with E-state index in [4.69, 9.17) is 0 Å². The SMILES string of the molecule is CC(C(=O)N1CCCc2ccccc2C1)C1CNC1. The van der Waals surface area contributed by atoms with E-state index in [1.54, 1.807) is 0 Å². The number of hydrogen-bond acceptors (Lipinski definition) is 2. The van der Waals surface area contributed by atoms with Crippen LogP contribution >= 0.6 is 0 Å². The van der Waals surface area contributed by atoms with Crippen LogP contribution in [0.1, 0.15) is 24.5 Å². The van der Waals surface area contributed by atoms with Gasteiger partial charge >= 0.3 is 0 Å². The number of nitrogens with zero attached hydrogens (tertiary/aromatic N) is 1. The maximum atomic E-state index is 12.6. The smallest absolute Gasteiger partial charge is 0.226 e. The Labute approximate surface area is 115 Å². The van der Waals surface area contributed by atoms with E-state index in [-0.39, 0.29) is 5.92 Å². The molecule has 1 fully saturated rings. The van der Waals surface area contributed by atoms with Gasteiger partial charge in [-0.15, -0.1) is 0 Å². The van der Waals surface area contributed by atoms with Gasteiger partial charge < -0.3 is 10.2 Å². The van der Waals surface area contributed by atoms with Crippen molar-refractivity contribution < 1.29 is 4.79 Å². The van der Waals surface area contributed by atoms with Crippen molar-refractivity contribution in [1.29, 1.82) is 0 Å². The molecule has 0 saturated carbocycles. The van der Waals surface area contributed by atoms with Gasteiger partial charge in [-0.25, -0.2) is 0 Å². The molecule has 1 saturated heterocycles. The Morgan fingerprint density at radius 2 is 2.05 bits per heavy atom. The van der Waals surface area contributed by atoms with Crippen LogP contribution in [0.3, 0.4) is 0 Å². The van der Waals surface area contributed by atoms with Crippen molar-refractivity contribution in [3.63, 3.8) is 0 Å². The van der Waals surface area contributed by atoms with E-state index >= 15 is 0 Å². The highest BCUT2D eigenvalue weighted by atomic mass is 16.2. The fraction of sp³-hybridized carbons (Fsp3) is 0.562. The summed E-state index contributed by atoms with van der Waals surface area (Å²) in [5.74, 6) is 1.03. The normalized spacial score (nSPS) is 21.2. The lowest BCUT2D eigenvalue weighted by Gasteiger charge is -2.34. The standard InChI is InChI=1S/C16H22N2O/c1-12(15-9-17-10-15)16(19)18-8-4-7-13-5-2-3-6-14(13)11-18/h2-3,5-6,12,15,17H,4,7-11H2,1H3. The maximum Gasteiger partial charge on any atom is 0.226 e. The lowest BCUT2D eigenvalue weighted by molar-refractivity contribution is -0.138. The largest absolute Gasteiger partial charge is 0.338 e. The van der Waals surface area contributed by atoms with E-state index in [1.165, 1.54) is 11.1 Å². The van der Waals surface area contributed by atoms with Crippen LogP contribution in [-0.2, 0) is 17.8 Å². The van der Waals surface area contributed by atoms with Crippen molar-refractivity contribution >= 4 is 5.91 Å². The molecule has 1 aromatic carbocycles. The molecule has 1 N–H and O–H groups in total. The highest BCUT2D eigenvalue weighted by Crippen LogP contribution is 2.23. The second-order valence-electron chi connectivity index (χ2n) is 5.84. The predicted octanol–water partition coefficient (Wildman–Crippen LogP) is 1.82. The molecule has 102 valence electrons. The summed E-state index contributed by atoms with van der Waals surface area (Å²) in [5, 5.41) is 3.26. The Morgan fingerprint density at radius 3 is 2.74 bits per heavy atom. The predicted molar refractivity (Wildman–Crippen MR) is 75.7 cm³/mol. The van der Waals surface area contributed by atoms with Crippen molar-refractivity contribution in [3.05, 3.63) is 35.4 Å². The number of carbonyl (C=O) groups excluding carboxylic acids is 1. The van der Waals surface area contributed by atoms with Gasteiger partial charge in [-0.3, -0.25) is 4.79 Å². The number of aryl methyl sites for hydroxylation is 1. The lowest BCUT2D eigenvalue weighted by atomic mass is 9.88. The zero-order chi connectivity index (χ0) is 13.2. The molecule has 3 nitrogen and oxygen atoms in total. The molecule has 0 aromatic heterocycles. The molecule has 1 aromatic rings. The molecule has 0 radical (unpaired) electrons. The molecule has 3 heteroatoms. The molecule has 2 heterocycles. The highest BCUT2D eigenvalue weighted by molar-refractivity contribution is 5.79. The molecular formula is C16H22N2O. The van der Waals surface area contributed by atoms with E-state index in [0.29, 0.717) is 11.8 Å². The summed E-state index contributed by atoms with van der Waals surface area (Å²) in [6.07, 6.45) is 2.18. The minimum absolute atomic E-state index is 0.159. The summed E-state index contributed by atoms with van der Waals surface area (Å²) in [5.41, 5.74) is 2.74. The molecule has 1 atom stereocenters. The summed E-state index contributed by atoms with van der Waals surface area (Å²) in [6.45, 7) is 5.77. The lowest BCUT2D eigenvalue weighted by Crippen LogP contribution is -2.50. The zero-order valence-corrected chi connectivity index (χ0v) is 11.6. The second-order valence-corrected chi connectivity index (χ2v) is 5.84. The number of amides is 1. The van der Waals surface area contributed by atoms with E-state index in [2.05, 4.69) is 41.4 Å². The van der Waals surface area contributed by atoms with Crippen LogP contribution in [0.2, 0.25) is 0 Å². The van der Waals surface area contributed by atoms with E-state index in [9.17, 15) is 4.79 Å². The van der Waals surface area contributed by atoms with Gasteiger partial charge in [-0.1, -0.05) is 31.2 Å². The number of rotatable bonds is 2. The number of hydrogen-bond donors (Lipinski definition) is 1. The Morgan fingerprint density at radius 1 is 1.32 bits per heavy atom. The molecule has 2 aliphatic rings. The van der Waals surface area contributed by atoms with Gasteiger partial charge in [0.2, 0.25) is 5.91 Å². The van der Waals surface area contributed by atoms with Crippen LogP contribution in [0.25, 0.3) is 0 Å². The summed E-state index contributed by atoms with van der Waals surface area (Å²) in [6, 6.07) is 8.53. The van der Waals surface area contributed by atoms with Crippen molar-refractivity contribution in [2.45, 2.75) is 26.3 Å². The van der Waals surface area contributed by atoms with Gasteiger partial charge in [0.1, 0.15) is 0 Å². The summed E-state index contributed by atoms with van der Waals surface area (Å²) >= 11 is 0. The van der Waals surface area contributed by atoms with Crippen molar-refractivity contribution in [2.24, 2.45) is 11.8 Å². The summed E-state index contributed by atoms with van der Waals surface area (Å²) in [7, 11) is 0. The van der Waals surface area contributed by atoms with Crippen LogP contribution in [0.15, 0.2) is 24.3 Å². The van der Waals surface area contributed by atoms with Gasteiger partial charge in [-0.2, -0.15) is 0 Å². The average Bonchev–Trinajstić information content (AvgIpc) is 2.57. The maximum absolute atomic E-state index is 12.6. The summed E-state index contributed by atoms with van der Waals surface area (Å²) in [4.78, 5) is 14.7. The molecule has 19 heavy (non-hydrogen) atoms. The third-order valence-corrected chi connectivity index (χ3v) is 4.58. The quantitative estimate of drug-likeness (QED) is 0.877. The van der Waals surface area contributed by atoms with Crippen LogP contribution in [0, 0.1) is 11.8 Å². The summed E-state index contributed by atoms with van der Waals surface area (Å²) < 4.78 is 0. The van der Waals surface area contributed by atoms with Crippen LogP contribution in [0.4, 0.5) is 0 Å². The fourth-order valence-electron chi connectivity index (χ4n) is 3.04. The topological polar surface area (TPSA) is 32.3 Å². The van der Waals surface area contributed by atoms with E-state index in [0.717, 1.165) is 39.0 Å². The van der Waals surface area contributed by atoms with Crippen LogP contribution in [-0.4, -0.2) is 30.4 Å². The van der Waals surface area contributed by atoms with Crippen molar-refractivity contribution in [1.82, 2.24) is 10.2 Å².